The number of aliphatic hydroxyl groups is 1. The summed E-state index contributed by atoms with van der Waals surface area (Å²) in [7, 11) is -4.98. The molecule has 1 aliphatic rings. The topological polar surface area (TPSA) is 221 Å². The molecule has 1 aromatic heterocycles. The Bertz CT molecular complexity index is 714. The molecule has 0 bridgehead atoms. The van der Waals surface area contributed by atoms with Crippen LogP contribution >= 0.6 is 7.60 Å². The molecule has 0 saturated carbocycles. The van der Waals surface area contributed by atoms with Gasteiger partial charge in [-0.05, 0) is 7.60 Å². The van der Waals surface area contributed by atoms with Gasteiger partial charge in [0.1, 0.15) is 12.2 Å². The minimum atomic E-state index is -4.98. The van der Waals surface area contributed by atoms with Crippen molar-refractivity contribution in [2.24, 2.45) is 0 Å². The van der Waals surface area contributed by atoms with Gasteiger partial charge in [-0.2, -0.15) is 0 Å². The minimum absolute atomic E-state index is 0. The van der Waals surface area contributed by atoms with Crippen LogP contribution in [0, 0.1) is 0 Å². The average molecular weight is 356 g/mol. The van der Waals surface area contributed by atoms with E-state index in [1.54, 1.807) is 0 Å². The van der Waals surface area contributed by atoms with Gasteiger partial charge in [-0.1, -0.05) is 11.9 Å². The van der Waals surface area contributed by atoms with E-state index < -0.39 is 43.5 Å². The zero-order valence-electron chi connectivity index (χ0n) is 12.3. The molecule has 0 amide bonds. The van der Waals surface area contributed by atoms with E-state index in [2.05, 4.69) is 0 Å². The summed E-state index contributed by atoms with van der Waals surface area (Å²) < 4.78 is 30.1. The van der Waals surface area contributed by atoms with Gasteiger partial charge in [-0.3, -0.25) is 14.3 Å². The normalized spacial score (nSPS) is 27.5. The van der Waals surface area contributed by atoms with Crippen LogP contribution in [0.1, 0.15) is 6.23 Å². The smallest absolute Gasteiger partial charge is 0.330 e. The highest BCUT2D eigenvalue weighted by atomic mass is 31.2. The molecule has 1 aromatic rings. The molecule has 1 aliphatic heterocycles. The standard InChI is InChI=1S/C10H12FN2O7P.2H3N/c11-7-8(15)5(2-4-21(17,18)19)20-9(7)13-3-1-6(14)12-10(13)16;;/h1-5,7-9,15H,(H,12,14,16)(H2,17,18,19);2*1H3/b4-2+;;/t5-,7-,8-,9-;;/m1../s1. The van der Waals surface area contributed by atoms with Gasteiger partial charge in [0.05, 0.1) is 0 Å². The van der Waals surface area contributed by atoms with Crippen molar-refractivity contribution in [1.29, 1.82) is 0 Å². The van der Waals surface area contributed by atoms with E-state index in [0.717, 1.165) is 12.3 Å². The number of aromatic nitrogens is 2. The maximum atomic E-state index is 13.9. The summed E-state index contributed by atoms with van der Waals surface area (Å²) in [6.45, 7) is 0. The van der Waals surface area contributed by atoms with E-state index in [-0.39, 0.29) is 18.1 Å². The number of halogens is 1. The van der Waals surface area contributed by atoms with Gasteiger partial charge in [0.2, 0.25) is 0 Å². The maximum Gasteiger partial charge on any atom is 0.330 e. The largest absolute Gasteiger partial charge is 0.808 e. The van der Waals surface area contributed by atoms with Gasteiger partial charge in [0, 0.05) is 12.3 Å². The third kappa shape index (κ3) is 4.91. The second-order valence-corrected chi connectivity index (χ2v) is 5.70. The number of hydrogen-bond donors (Lipinski definition) is 4. The summed E-state index contributed by atoms with van der Waals surface area (Å²) in [6.07, 6.45) is -5.12. The number of ether oxygens (including phenoxy) is 1. The van der Waals surface area contributed by atoms with Crippen molar-refractivity contribution >= 4 is 7.60 Å². The fourth-order valence-corrected chi connectivity index (χ4v) is 2.24. The lowest BCUT2D eigenvalue weighted by Crippen LogP contribution is -2.35. The van der Waals surface area contributed by atoms with Crippen LogP contribution in [0.15, 0.2) is 33.7 Å². The van der Waals surface area contributed by atoms with E-state index in [4.69, 9.17) is 4.74 Å². The molecule has 0 radical (unpaired) electrons. The van der Waals surface area contributed by atoms with Crippen LogP contribution in [0.2, 0.25) is 0 Å². The third-order valence-corrected chi connectivity index (χ3v) is 3.35. The summed E-state index contributed by atoms with van der Waals surface area (Å²) in [5.74, 6) is 0.256. The van der Waals surface area contributed by atoms with Gasteiger partial charge >= 0.3 is 5.69 Å². The molecule has 13 heteroatoms. The second kappa shape index (κ2) is 7.75. The first kappa shape index (κ1) is 21.3. The molecule has 1 fully saturated rings. The highest BCUT2D eigenvalue weighted by Crippen LogP contribution is 2.33. The van der Waals surface area contributed by atoms with Crippen LogP contribution in [0.5, 0.6) is 0 Å². The van der Waals surface area contributed by atoms with E-state index in [1.807, 2.05) is 4.98 Å². The van der Waals surface area contributed by atoms with Crippen molar-refractivity contribution in [2.45, 2.75) is 24.6 Å². The third-order valence-electron chi connectivity index (χ3n) is 2.82. The Morgan fingerprint density at radius 2 is 2.00 bits per heavy atom. The summed E-state index contributed by atoms with van der Waals surface area (Å²) in [5.41, 5.74) is -1.65. The molecular weight excluding hydrogens is 338 g/mol. The van der Waals surface area contributed by atoms with Crippen molar-refractivity contribution < 1.29 is 28.6 Å². The lowest BCUT2D eigenvalue weighted by molar-refractivity contribution is -0.308. The first-order valence-corrected chi connectivity index (χ1v) is 7.30. The van der Waals surface area contributed by atoms with Crippen LogP contribution in [0.4, 0.5) is 4.39 Å². The molecule has 2 heterocycles. The quantitative estimate of drug-likeness (QED) is 0.459. The number of nitrogens with zero attached hydrogens (tertiary/aromatic N) is 1. The van der Waals surface area contributed by atoms with Crippen LogP contribution in [0.25, 0.3) is 0 Å². The van der Waals surface area contributed by atoms with Crippen molar-refractivity contribution in [1.82, 2.24) is 21.9 Å². The van der Waals surface area contributed by atoms with Crippen molar-refractivity contribution in [3.05, 3.63) is 45.0 Å². The fraction of sp³-hybridized carbons (Fsp3) is 0.400. The monoisotopic (exact) mass is 356 g/mol. The molecule has 23 heavy (non-hydrogen) atoms. The minimum Gasteiger partial charge on any atom is -0.808 e. The molecule has 0 aromatic carbocycles. The summed E-state index contributed by atoms with van der Waals surface area (Å²) in [6, 6.07) is 0.955. The Morgan fingerprint density at radius 1 is 1.39 bits per heavy atom. The van der Waals surface area contributed by atoms with Gasteiger partial charge in [0.15, 0.2) is 12.4 Å². The molecule has 0 unspecified atom stereocenters. The molecule has 10 N–H and O–H groups in total. The van der Waals surface area contributed by atoms with Crippen LogP contribution in [0.3, 0.4) is 0 Å². The van der Waals surface area contributed by atoms with Gasteiger partial charge in [-0.15, -0.1) is 0 Å². The molecule has 11 nitrogen and oxygen atoms in total. The molecular formula is C10H18FN4O7P. The highest BCUT2D eigenvalue weighted by Gasteiger charge is 2.44. The molecule has 0 spiro atoms. The molecule has 2 rings (SSSR count). The number of hydrogen-bond acceptors (Lipinski definition) is 7. The average Bonchev–Trinajstić information content (AvgIpc) is 2.64. The summed E-state index contributed by atoms with van der Waals surface area (Å²) in [5, 5.41) is 9.60. The first-order chi connectivity index (χ1) is 9.69. The molecule has 1 saturated heterocycles. The van der Waals surface area contributed by atoms with Crippen LogP contribution in [-0.4, -0.2) is 33.0 Å². The van der Waals surface area contributed by atoms with Crippen molar-refractivity contribution in [3.8, 4) is 0 Å². The van der Waals surface area contributed by atoms with Crippen LogP contribution in [-0.2, 0) is 9.30 Å². The number of aliphatic hydroxyl groups excluding tert-OH is 1. The zero-order chi connectivity index (χ0) is 15.8. The van der Waals surface area contributed by atoms with Crippen molar-refractivity contribution in [3.63, 3.8) is 0 Å². The predicted molar refractivity (Wildman–Crippen MR) is 74.9 cm³/mol. The van der Waals surface area contributed by atoms with Gasteiger partial charge in [0.25, 0.3) is 5.56 Å². The summed E-state index contributed by atoms with van der Waals surface area (Å²) >= 11 is 0. The maximum absolute atomic E-state index is 13.9. The number of aromatic amines is 1. The Morgan fingerprint density at radius 3 is 2.52 bits per heavy atom. The summed E-state index contributed by atoms with van der Waals surface area (Å²) in [4.78, 5) is 45.3. The molecule has 4 atom stereocenters. The Balaban J connectivity index is 0.00000242. The molecule has 132 valence electrons. The highest BCUT2D eigenvalue weighted by molar-refractivity contribution is 7.52. The first-order valence-electron chi connectivity index (χ1n) is 5.69. The van der Waals surface area contributed by atoms with Gasteiger partial charge < -0.3 is 36.5 Å². The second-order valence-electron chi connectivity index (χ2n) is 4.33. The number of rotatable bonds is 3. The van der Waals surface area contributed by atoms with E-state index in [9.17, 15) is 33.4 Å². The fourth-order valence-electron chi connectivity index (χ4n) is 1.86. The van der Waals surface area contributed by atoms with Crippen molar-refractivity contribution in [2.75, 3.05) is 0 Å². The number of H-pyrrole nitrogens is 1. The predicted octanol–water partition coefficient (Wildman–Crippen LogP) is -1.69. The number of alkyl halides is 1. The van der Waals surface area contributed by atoms with E-state index in [0.29, 0.717) is 10.6 Å². The Labute approximate surface area is 128 Å². The lowest BCUT2D eigenvalue weighted by Gasteiger charge is -2.25. The number of quaternary nitrogens is 2. The number of nitrogens with one attached hydrogen (secondary N) is 1. The SMILES string of the molecule is O=c1ccn([C@@H]2O[C@H](/C=C/P(=O)([O-])[O-])[C@@H](O)[C@H]2F)c(=O)[nH]1.[NH4+].[NH4+]. The van der Waals surface area contributed by atoms with Crippen LogP contribution < -0.4 is 33.3 Å². The molecule has 0 aliphatic carbocycles. The van der Waals surface area contributed by atoms with E-state index in [1.165, 1.54) is 0 Å². The Kier molecular flexibility index (Phi) is 7.19. The Hall–Kier alpha value is -1.66. The lowest BCUT2D eigenvalue weighted by atomic mass is 10.1. The van der Waals surface area contributed by atoms with Gasteiger partial charge in [-0.25, -0.2) is 9.18 Å². The van der Waals surface area contributed by atoms with E-state index >= 15 is 0 Å². The zero-order valence-corrected chi connectivity index (χ0v) is 13.2.